The Morgan fingerprint density at radius 3 is 2.36 bits per heavy atom. The summed E-state index contributed by atoms with van der Waals surface area (Å²) in [6.45, 7) is 5.36. The maximum atomic E-state index is 13.0. The smallest absolute Gasteiger partial charge is 0.352 e. The van der Waals surface area contributed by atoms with Crippen molar-refractivity contribution in [3.05, 3.63) is 58.6 Å². The zero-order valence-corrected chi connectivity index (χ0v) is 20.1. The summed E-state index contributed by atoms with van der Waals surface area (Å²) in [5.41, 5.74) is 2.13. The number of rotatable bonds is 9. The molecule has 0 aliphatic rings. The van der Waals surface area contributed by atoms with Gasteiger partial charge in [-0.15, -0.1) is 0 Å². The van der Waals surface area contributed by atoms with Crippen molar-refractivity contribution in [2.75, 3.05) is 18.5 Å². The van der Waals surface area contributed by atoms with E-state index >= 15 is 0 Å². The molecule has 0 saturated heterocycles. The SMILES string of the molecule is CCOC(=O)CCC(C(=O)OCC)n1nc2ccc(Nc3c(C)[n+]([O-])c4ccccc4[n+]3[O-])cc2n1. The van der Waals surface area contributed by atoms with Gasteiger partial charge in [-0.25, -0.2) is 14.8 Å². The zero-order valence-electron chi connectivity index (χ0n) is 20.1. The summed E-state index contributed by atoms with van der Waals surface area (Å²) in [4.78, 5) is 25.6. The third kappa shape index (κ3) is 4.83. The summed E-state index contributed by atoms with van der Waals surface area (Å²) in [6, 6.07) is 10.6. The van der Waals surface area contributed by atoms with Gasteiger partial charge in [-0.1, -0.05) is 12.1 Å². The van der Waals surface area contributed by atoms with Gasteiger partial charge in [0.1, 0.15) is 16.7 Å². The van der Waals surface area contributed by atoms with E-state index < -0.39 is 18.0 Å². The number of fused-ring (bicyclic) bond motifs is 2. The van der Waals surface area contributed by atoms with E-state index in [0.29, 0.717) is 26.2 Å². The summed E-state index contributed by atoms with van der Waals surface area (Å²) in [5.74, 6) is -0.906. The van der Waals surface area contributed by atoms with E-state index in [9.17, 15) is 20.0 Å². The first-order valence-corrected chi connectivity index (χ1v) is 11.5. The van der Waals surface area contributed by atoms with E-state index in [2.05, 4.69) is 15.5 Å². The Kier molecular flexibility index (Phi) is 7.13. The Bertz CT molecular complexity index is 1440. The summed E-state index contributed by atoms with van der Waals surface area (Å²) in [6.07, 6.45) is 0.113. The normalized spacial score (nSPS) is 12.0. The third-order valence-electron chi connectivity index (χ3n) is 5.59. The van der Waals surface area contributed by atoms with Crippen molar-refractivity contribution in [3.8, 4) is 0 Å². The lowest BCUT2D eigenvalue weighted by molar-refractivity contribution is -0.623. The number of nitrogens with one attached hydrogen (secondary N) is 1. The molecule has 1 atom stereocenters. The van der Waals surface area contributed by atoms with Gasteiger partial charge in [0, 0.05) is 25.5 Å². The number of hydrogen-bond acceptors (Lipinski definition) is 9. The lowest BCUT2D eigenvalue weighted by atomic mass is 10.1. The van der Waals surface area contributed by atoms with Gasteiger partial charge in [-0.3, -0.25) is 4.79 Å². The molecule has 0 saturated carbocycles. The van der Waals surface area contributed by atoms with E-state index in [0.717, 1.165) is 0 Å². The Morgan fingerprint density at radius 2 is 1.67 bits per heavy atom. The second-order valence-corrected chi connectivity index (χ2v) is 7.97. The van der Waals surface area contributed by atoms with E-state index in [-0.39, 0.29) is 48.6 Å². The monoisotopic (exact) mass is 494 g/mol. The van der Waals surface area contributed by atoms with Crippen LogP contribution in [0.4, 0.5) is 11.5 Å². The first-order valence-electron chi connectivity index (χ1n) is 11.5. The van der Waals surface area contributed by atoms with Crippen LogP contribution in [0.3, 0.4) is 0 Å². The Balaban J connectivity index is 1.65. The number of anilines is 2. The van der Waals surface area contributed by atoms with E-state index in [1.807, 2.05) is 0 Å². The maximum absolute atomic E-state index is 13.0. The number of carbonyl (C=O) groups excluding carboxylic acids is 2. The van der Waals surface area contributed by atoms with Crippen LogP contribution in [0, 0.1) is 17.3 Å². The average molecular weight is 495 g/mol. The molecule has 1 unspecified atom stereocenters. The van der Waals surface area contributed by atoms with Crippen LogP contribution in [-0.2, 0) is 19.1 Å². The number of benzene rings is 2. The summed E-state index contributed by atoms with van der Waals surface area (Å²) in [7, 11) is 0. The molecule has 0 bridgehead atoms. The van der Waals surface area contributed by atoms with E-state index in [1.165, 1.54) is 4.80 Å². The Morgan fingerprint density at radius 1 is 1.00 bits per heavy atom. The molecule has 0 aliphatic carbocycles. The van der Waals surface area contributed by atoms with Crippen molar-refractivity contribution in [1.29, 1.82) is 0 Å². The van der Waals surface area contributed by atoms with E-state index in [4.69, 9.17) is 9.47 Å². The molecule has 4 aromatic rings. The lowest BCUT2D eigenvalue weighted by Gasteiger charge is -2.14. The molecule has 1 N–H and O–H groups in total. The summed E-state index contributed by atoms with van der Waals surface area (Å²) < 4.78 is 11.5. The molecule has 0 amide bonds. The van der Waals surface area contributed by atoms with Crippen molar-refractivity contribution in [2.24, 2.45) is 0 Å². The van der Waals surface area contributed by atoms with Crippen LogP contribution >= 0.6 is 0 Å². The standard InChI is InChI=1S/C24H26N6O6/c1-4-35-22(31)13-12-21(24(32)36-5-2)30-26-17-11-10-16(14-18(17)27-30)25-23-15(3)28(33)19-8-6-7-9-20(19)29(23)34/h6-11,14,21,25H,4-5,12-13H2,1-3H3. The molecule has 12 heteroatoms. The van der Waals surface area contributed by atoms with Gasteiger partial charge in [0.15, 0.2) is 6.04 Å². The molecule has 188 valence electrons. The predicted octanol–water partition coefficient (Wildman–Crippen LogP) is 2.35. The molecule has 12 nitrogen and oxygen atoms in total. The van der Waals surface area contributed by atoms with Gasteiger partial charge in [0.25, 0.3) is 11.2 Å². The van der Waals surface area contributed by atoms with Gasteiger partial charge < -0.3 is 19.9 Å². The fourth-order valence-corrected chi connectivity index (χ4v) is 3.83. The second-order valence-electron chi connectivity index (χ2n) is 7.97. The topological polar surface area (TPSA) is 149 Å². The lowest BCUT2D eigenvalue weighted by Crippen LogP contribution is -2.43. The average Bonchev–Trinajstić information content (AvgIpc) is 3.28. The van der Waals surface area contributed by atoms with Gasteiger partial charge in [-0.05, 0) is 38.5 Å². The highest BCUT2D eigenvalue weighted by Crippen LogP contribution is 2.23. The Labute approximate surface area is 206 Å². The van der Waals surface area contributed by atoms with Crippen LogP contribution in [0.5, 0.6) is 0 Å². The quantitative estimate of drug-likeness (QED) is 0.210. The predicted molar refractivity (Wildman–Crippen MR) is 129 cm³/mol. The first kappa shape index (κ1) is 24.6. The van der Waals surface area contributed by atoms with Crippen LogP contribution in [0.1, 0.15) is 38.4 Å². The number of aromatic nitrogens is 5. The molecular formula is C24H26N6O6. The molecule has 0 radical (unpaired) electrons. The Hall–Kier alpha value is -4.48. The number of esters is 2. The number of ether oxygens (including phenoxy) is 2. The molecule has 2 aromatic heterocycles. The molecule has 2 heterocycles. The van der Waals surface area contributed by atoms with Crippen molar-refractivity contribution in [1.82, 2.24) is 15.0 Å². The molecular weight excluding hydrogens is 468 g/mol. The number of carbonyl (C=O) groups is 2. The largest absolute Gasteiger partial charge is 0.710 e. The fourth-order valence-electron chi connectivity index (χ4n) is 3.83. The molecule has 0 fully saturated rings. The molecule has 4 rings (SSSR count). The van der Waals surface area contributed by atoms with Crippen LogP contribution in [0.15, 0.2) is 42.5 Å². The van der Waals surface area contributed by atoms with Gasteiger partial charge in [-0.2, -0.15) is 19.7 Å². The van der Waals surface area contributed by atoms with Crippen LogP contribution in [-0.4, -0.2) is 40.1 Å². The summed E-state index contributed by atoms with van der Waals surface area (Å²) >= 11 is 0. The van der Waals surface area contributed by atoms with Crippen LogP contribution in [0.2, 0.25) is 0 Å². The minimum Gasteiger partial charge on any atom is -0.710 e. The molecule has 36 heavy (non-hydrogen) atoms. The number of nitrogens with zero attached hydrogens (tertiary/aromatic N) is 5. The summed E-state index contributed by atoms with van der Waals surface area (Å²) in [5, 5.41) is 37.4. The fraction of sp³-hybridized carbons (Fsp3) is 0.333. The van der Waals surface area contributed by atoms with Crippen molar-refractivity contribution >= 4 is 45.5 Å². The minimum atomic E-state index is -0.913. The van der Waals surface area contributed by atoms with Gasteiger partial charge >= 0.3 is 17.8 Å². The molecule has 2 aromatic carbocycles. The highest BCUT2D eigenvalue weighted by Gasteiger charge is 2.27. The van der Waals surface area contributed by atoms with Gasteiger partial charge in [0.05, 0.1) is 13.2 Å². The molecule has 0 aliphatic heterocycles. The molecule has 0 spiro atoms. The third-order valence-corrected chi connectivity index (χ3v) is 5.59. The van der Waals surface area contributed by atoms with Crippen molar-refractivity contribution in [2.45, 2.75) is 39.7 Å². The number of para-hydroxylation sites is 2. The highest BCUT2D eigenvalue weighted by molar-refractivity contribution is 5.81. The van der Waals surface area contributed by atoms with Crippen LogP contribution in [0.25, 0.3) is 22.1 Å². The minimum absolute atomic E-state index is 0.00193. The van der Waals surface area contributed by atoms with Gasteiger partial charge in [0.2, 0.25) is 5.52 Å². The first-order chi connectivity index (χ1) is 17.3. The maximum Gasteiger partial charge on any atom is 0.352 e. The second kappa shape index (κ2) is 10.4. The highest BCUT2D eigenvalue weighted by atomic mass is 16.5. The van der Waals surface area contributed by atoms with Crippen molar-refractivity contribution in [3.63, 3.8) is 0 Å². The van der Waals surface area contributed by atoms with Crippen LogP contribution < -0.4 is 14.8 Å². The van der Waals surface area contributed by atoms with E-state index in [1.54, 1.807) is 63.2 Å². The van der Waals surface area contributed by atoms with Crippen molar-refractivity contribution < 1.29 is 28.5 Å². The zero-order chi connectivity index (χ0) is 25.8. The number of hydrogen-bond donors (Lipinski definition) is 1.